The Labute approximate surface area is 127 Å². The van der Waals surface area contributed by atoms with Crippen LogP contribution in [-0.4, -0.2) is 35.0 Å². The zero-order valence-electron chi connectivity index (χ0n) is 11.8. The standard InChI is InChI=1S/C15H20BrNO3/c1-11(2)10-17(7-6-15(19)20)14(18)9-12-4-3-5-13(16)8-12/h3-5,8,11H,6-7,9-10H2,1-2H3,(H,19,20). The Morgan fingerprint density at radius 2 is 2.05 bits per heavy atom. The van der Waals surface area contributed by atoms with Crippen molar-refractivity contribution in [2.75, 3.05) is 13.1 Å². The number of benzene rings is 1. The molecule has 0 aromatic heterocycles. The van der Waals surface area contributed by atoms with Crippen molar-refractivity contribution >= 4 is 27.8 Å². The summed E-state index contributed by atoms with van der Waals surface area (Å²) < 4.78 is 0.934. The molecule has 0 radical (unpaired) electrons. The molecule has 1 rings (SSSR count). The molecule has 0 spiro atoms. The highest BCUT2D eigenvalue weighted by molar-refractivity contribution is 9.10. The van der Waals surface area contributed by atoms with Crippen LogP contribution in [0, 0.1) is 5.92 Å². The second kappa shape index (κ2) is 8.04. The van der Waals surface area contributed by atoms with Gasteiger partial charge in [-0.1, -0.05) is 41.9 Å². The SMILES string of the molecule is CC(C)CN(CCC(=O)O)C(=O)Cc1cccc(Br)c1. The van der Waals surface area contributed by atoms with Gasteiger partial charge in [-0.2, -0.15) is 0 Å². The van der Waals surface area contributed by atoms with Gasteiger partial charge in [0.15, 0.2) is 0 Å². The molecule has 0 unspecified atom stereocenters. The van der Waals surface area contributed by atoms with Gasteiger partial charge in [-0.25, -0.2) is 0 Å². The summed E-state index contributed by atoms with van der Waals surface area (Å²) in [5, 5.41) is 8.76. The summed E-state index contributed by atoms with van der Waals surface area (Å²) in [7, 11) is 0. The van der Waals surface area contributed by atoms with Gasteiger partial charge in [0, 0.05) is 17.6 Å². The third kappa shape index (κ3) is 6.19. The number of nitrogens with zero attached hydrogens (tertiary/aromatic N) is 1. The monoisotopic (exact) mass is 341 g/mol. The largest absolute Gasteiger partial charge is 0.481 e. The maximum Gasteiger partial charge on any atom is 0.305 e. The third-order valence-electron chi connectivity index (χ3n) is 2.78. The van der Waals surface area contributed by atoms with Gasteiger partial charge >= 0.3 is 5.97 Å². The number of carbonyl (C=O) groups is 2. The highest BCUT2D eigenvalue weighted by Gasteiger charge is 2.16. The van der Waals surface area contributed by atoms with Crippen LogP contribution >= 0.6 is 15.9 Å². The van der Waals surface area contributed by atoms with Gasteiger partial charge in [-0.05, 0) is 23.6 Å². The van der Waals surface area contributed by atoms with E-state index in [1.807, 2.05) is 38.1 Å². The molecule has 0 atom stereocenters. The molecule has 0 aliphatic heterocycles. The summed E-state index contributed by atoms with van der Waals surface area (Å²) >= 11 is 3.38. The van der Waals surface area contributed by atoms with Gasteiger partial charge in [0.2, 0.25) is 5.91 Å². The second-order valence-corrected chi connectivity index (χ2v) is 6.10. The Hall–Kier alpha value is -1.36. The van der Waals surface area contributed by atoms with Crippen molar-refractivity contribution in [2.45, 2.75) is 26.7 Å². The molecule has 110 valence electrons. The molecule has 0 saturated heterocycles. The first-order valence-corrected chi connectivity index (χ1v) is 7.41. The number of amides is 1. The molecule has 0 aliphatic rings. The number of hydrogen-bond donors (Lipinski definition) is 1. The lowest BCUT2D eigenvalue weighted by Crippen LogP contribution is -2.37. The Morgan fingerprint density at radius 1 is 1.35 bits per heavy atom. The Kier molecular flexibility index (Phi) is 6.71. The fourth-order valence-electron chi connectivity index (χ4n) is 1.92. The van der Waals surface area contributed by atoms with Crippen molar-refractivity contribution in [2.24, 2.45) is 5.92 Å². The molecule has 1 aromatic rings. The lowest BCUT2D eigenvalue weighted by atomic mass is 10.1. The van der Waals surface area contributed by atoms with Crippen LogP contribution in [0.15, 0.2) is 28.7 Å². The third-order valence-corrected chi connectivity index (χ3v) is 3.27. The smallest absolute Gasteiger partial charge is 0.305 e. The van der Waals surface area contributed by atoms with E-state index in [1.54, 1.807) is 4.90 Å². The lowest BCUT2D eigenvalue weighted by molar-refractivity contribution is -0.138. The number of rotatable bonds is 7. The normalized spacial score (nSPS) is 10.6. The zero-order chi connectivity index (χ0) is 15.1. The van der Waals surface area contributed by atoms with E-state index >= 15 is 0 Å². The summed E-state index contributed by atoms with van der Waals surface area (Å²) in [4.78, 5) is 24.6. The van der Waals surface area contributed by atoms with E-state index in [-0.39, 0.29) is 18.9 Å². The summed E-state index contributed by atoms with van der Waals surface area (Å²) in [5.74, 6) is -0.595. The van der Waals surface area contributed by atoms with Crippen molar-refractivity contribution in [1.82, 2.24) is 4.90 Å². The van der Waals surface area contributed by atoms with Crippen LogP contribution in [0.5, 0.6) is 0 Å². The van der Waals surface area contributed by atoms with Crippen LogP contribution in [0.3, 0.4) is 0 Å². The molecule has 0 aliphatic carbocycles. The molecular formula is C15H20BrNO3. The zero-order valence-corrected chi connectivity index (χ0v) is 13.4. The van der Waals surface area contributed by atoms with Crippen molar-refractivity contribution in [1.29, 1.82) is 0 Å². The predicted molar refractivity (Wildman–Crippen MR) is 81.5 cm³/mol. The number of carbonyl (C=O) groups excluding carboxylic acids is 1. The molecule has 0 fully saturated rings. The number of aliphatic carboxylic acids is 1. The summed E-state index contributed by atoms with van der Waals surface area (Å²) in [6, 6.07) is 7.59. The van der Waals surface area contributed by atoms with Gasteiger partial charge in [0.1, 0.15) is 0 Å². The summed E-state index contributed by atoms with van der Waals surface area (Å²) in [6.07, 6.45) is 0.280. The maximum atomic E-state index is 12.3. The van der Waals surface area contributed by atoms with Crippen LogP contribution in [0.4, 0.5) is 0 Å². The highest BCUT2D eigenvalue weighted by atomic mass is 79.9. The van der Waals surface area contributed by atoms with Crippen LogP contribution in [0.25, 0.3) is 0 Å². The maximum absolute atomic E-state index is 12.3. The minimum Gasteiger partial charge on any atom is -0.481 e. The summed E-state index contributed by atoms with van der Waals surface area (Å²) in [6.45, 7) is 4.88. The quantitative estimate of drug-likeness (QED) is 0.829. The molecule has 20 heavy (non-hydrogen) atoms. The average molecular weight is 342 g/mol. The van der Waals surface area contributed by atoms with Crippen LogP contribution in [0.2, 0.25) is 0 Å². The molecular weight excluding hydrogens is 322 g/mol. The molecule has 5 heteroatoms. The van der Waals surface area contributed by atoms with E-state index in [1.165, 1.54) is 0 Å². The summed E-state index contributed by atoms with van der Waals surface area (Å²) in [5.41, 5.74) is 0.924. The van der Waals surface area contributed by atoms with E-state index in [4.69, 9.17) is 5.11 Å². The van der Waals surface area contributed by atoms with E-state index in [0.717, 1.165) is 10.0 Å². The number of halogens is 1. The first-order valence-electron chi connectivity index (χ1n) is 6.62. The molecule has 0 bridgehead atoms. The molecule has 1 amide bonds. The van der Waals surface area contributed by atoms with E-state index in [0.29, 0.717) is 18.9 Å². The van der Waals surface area contributed by atoms with Crippen molar-refractivity contribution in [3.8, 4) is 0 Å². The fourth-order valence-corrected chi connectivity index (χ4v) is 2.37. The minimum absolute atomic E-state index is 0.0169. The van der Waals surface area contributed by atoms with Crippen molar-refractivity contribution in [3.05, 3.63) is 34.3 Å². The van der Waals surface area contributed by atoms with Gasteiger partial charge in [0.05, 0.1) is 12.8 Å². The molecule has 0 heterocycles. The van der Waals surface area contributed by atoms with Gasteiger partial charge in [0.25, 0.3) is 0 Å². The van der Waals surface area contributed by atoms with Crippen LogP contribution < -0.4 is 0 Å². The first kappa shape index (κ1) is 16.7. The Bertz CT molecular complexity index is 474. The van der Waals surface area contributed by atoms with E-state index < -0.39 is 5.97 Å². The fraction of sp³-hybridized carbons (Fsp3) is 0.467. The molecule has 0 saturated carbocycles. The van der Waals surface area contributed by atoms with Crippen LogP contribution in [0.1, 0.15) is 25.8 Å². The second-order valence-electron chi connectivity index (χ2n) is 5.18. The van der Waals surface area contributed by atoms with Gasteiger partial charge in [-0.3, -0.25) is 9.59 Å². The number of carboxylic acid groups (broad SMARTS) is 1. The average Bonchev–Trinajstić information content (AvgIpc) is 2.33. The molecule has 4 nitrogen and oxygen atoms in total. The number of carboxylic acids is 1. The van der Waals surface area contributed by atoms with Crippen molar-refractivity contribution in [3.63, 3.8) is 0 Å². The van der Waals surface area contributed by atoms with Crippen molar-refractivity contribution < 1.29 is 14.7 Å². The number of hydrogen-bond acceptors (Lipinski definition) is 2. The topological polar surface area (TPSA) is 57.6 Å². The Morgan fingerprint density at radius 3 is 2.60 bits per heavy atom. The highest BCUT2D eigenvalue weighted by Crippen LogP contribution is 2.13. The van der Waals surface area contributed by atoms with E-state index in [9.17, 15) is 9.59 Å². The van der Waals surface area contributed by atoms with Gasteiger partial charge in [-0.15, -0.1) is 0 Å². The van der Waals surface area contributed by atoms with Crippen LogP contribution in [-0.2, 0) is 16.0 Å². The first-order chi connectivity index (χ1) is 9.38. The lowest BCUT2D eigenvalue weighted by Gasteiger charge is -2.24. The molecule has 1 aromatic carbocycles. The minimum atomic E-state index is -0.881. The molecule has 1 N–H and O–H groups in total. The van der Waals surface area contributed by atoms with E-state index in [2.05, 4.69) is 15.9 Å². The van der Waals surface area contributed by atoms with Gasteiger partial charge < -0.3 is 10.0 Å². The Balaban J connectivity index is 2.69. The predicted octanol–water partition coefficient (Wildman–Crippen LogP) is 2.95.